The number of carbonyl (C=O) groups is 1. The van der Waals surface area contributed by atoms with Crippen molar-refractivity contribution in [2.45, 2.75) is 12.5 Å². The van der Waals surface area contributed by atoms with Crippen molar-refractivity contribution < 1.29 is 19.6 Å². The Morgan fingerprint density at radius 2 is 2.32 bits per heavy atom. The number of rotatable bonds is 7. The van der Waals surface area contributed by atoms with Crippen LogP contribution in [0.5, 0.6) is 5.75 Å². The fourth-order valence-electron chi connectivity index (χ4n) is 1.43. The third-order valence-electron chi connectivity index (χ3n) is 2.43. The number of nitro benzene ring substituents is 1. The molecule has 0 radical (unpaired) electrons. The molecule has 0 aliphatic heterocycles. The van der Waals surface area contributed by atoms with Gasteiger partial charge in [-0.15, -0.1) is 0 Å². The van der Waals surface area contributed by atoms with Gasteiger partial charge >= 0.3 is 11.7 Å². The highest BCUT2D eigenvalue weighted by Crippen LogP contribution is 2.29. The van der Waals surface area contributed by atoms with Crippen molar-refractivity contribution in [1.29, 1.82) is 0 Å². The van der Waals surface area contributed by atoms with E-state index in [-0.39, 0.29) is 24.5 Å². The van der Waals surface area contributed by atoms with Crippen molar-refractivity contribution in [1.82, 2.24) is 5.32 Å². The average Bonchev–Trinajstić information content (AvgIpc) is 2.33. The smallest absolute Gasteiger partial charge is 0.320 e. The van der Waals surface area contributed by atoms with Gasteiger partial charge in [0.15, 0.2) is 5.75 Å². The Morgan fingerprint density at radius 1 is 1.63 bits per heavy atom. The van der Waals surface area contributed by atoms with E-state index < -0.39 is 16.9 Å². The monoisotopic (exact) mass is 288 g/mol. The minimum Gasteiger partial charge on any atom is -0.487 e. The summed E-state index contributed by atoms with van der Waals surface area (Å²) in [7, 11) is 1.51. The molecule has 0 amide bonds. The molecule has 0 bridgehead atoms. The molecule has 7 nitrogen and oxygen atoms in total. The van der Waals surface area contributed by atoms with E-state index in [1.165, 1.54) is 25.2 Å². The molecule has 0 saturated heterocycles. The molecule has 0 aliphatic carbocycles. The first-order valence-electron chi connectivity index (χ1n) is 5.42. The number of carboxylic acid groups (broad SMARTS) is 1. The van der Waals surface area contributed by atoms with Gasteiger partial charge in [0.2, 0.25) is 0 Å². The molecule has 0 aliphatic rings. The van der Waals surface area contributed by atoms with E-state index >= 15 is 0 Å². The average molecular weight is 289 g/mol. The number of nitrogens with zero attached hydrogens (tertiary/aromatic N) is 1. The summed E-state index contributed by atoms with van der Waals surface area (Å²) in [6, 6.07) is 3.19. The van der Waals surface area contributed by atoms with Crippen molar-refractivity contribution in [2.24, 2.45) is 0 Å². The Hall–Kier alpha value is -1.86. The summed E-state index contributed by atoms with van der Waals surface area (Å²) in [5, 5.41) is 22.5. The van der Waals surface area contributed by atoms with Crippen LogP contribution in [0.1, 0.15) is 6.42 Å². The molecule has 0 saturated carbocycles. The van der Waals surface area contributed by atoms with Gasteiger partial charge in [0.25, 0.3) is 0 Å². The molecule has 0 aromatic heterocycles. The number of hydrogen-bond acceptors (Lipinski definition) is 5. The number of aliphatic carboxylic acids is 1. The van der Waals surface area contributed by atoms with Crippen LogP contribution in [0.4, 0.5) is 5.69 Å². The summed E-state index contributed by atoms with van der Waals surface area (Å²) in [6.45, 7) is 0.0268. The van der Waals surface area contributed by atoms with Crippen LogP contribution >= 0.6 is 11.6 Å². The van der Waals surface area contributed by atoms with Crippen molar-refractivity contribution >= 4 is 23.3 Å². The Balaban J connectivity index is 2.69. The van der Waals surface area contributed by atoms with Crippen LogP contribution in [0.15, 0.2) is 18.2 Å². The summed E-state index contributed by atoms with van der Waals surface area (Å²) in [6.07, 6.45) is 0.176. The molecular weight excluding hydrogens is 276 g/mol. The van der Waals surface area contributed by atoms with Gasteiger partial charge in [0, 0.05) is 23.6 Å². The second-order valence-corrected chi connectivity index (χ2v) is 4.12. The number of ether oxygens (including phenoxy) is 1. The van der Waals surface area contributed by atoms with E-state index in [0.717, 1.165) is 0 Å². The molecule has 104 valence electrons. The Bertz CT molecular complexity index is 480. The second kappa shape index (κ2) is 6.91. The maximum atomic E-state index is 10.8. The van der Waals surface area contributed by atoms with Gasteiger partial charge in [0.1, 0.15) is 6.04 Å². The molecule has 0 heterocycles. The molecule has 1 aromatic rings. The lowest BCUT2D eigenvalue weighted by Crippen LogP contribution is -2.35. The van der Waals surface area contributed by atoms with Gasteiger partial charge in [0.05, 0.1) is 11.5 Å². The Morgan fingerprint density at radius 3 is 2.84 bits per heavy atom. The number of benzene rings is 1. The molecule has 19 heavy (non-hydrogen) atoms. The van der Waals surface area contributed by atoms with E-state index in [0.29, 0.717) is 5.02 Å². The molecule has 1 aromatic carbocycles. The first-order valence-corrected chi connectivity index (χ1v) is 5.80. The molecule has 1 atom stereocenters. The van der Waals surface area contributed by atoms with Crippen molar-refractivity contribution in [3.8, 4) is 5.75 Å². The molecule has 0 fully saturated rings. The third kappa shape index (κ3) is 4.38. The van der Waals surface area contributed by atoms with E-state index in [1.807, 2.05) is 0 Å². The highest BCUT2D eigenvalue weighted by Gasteiger charge is 2.18. The molecule has 0 spiro atoms. The van der Waals surface area contributed by atoms with Gasteiger partial charge in [-0.1, -0.05) is 11.6 Å². The van der Waals surface area contributed by atoms with E-state index in [4.69, 9.17) is 21.4 Å². The fraction of sp³-hybridized carbons (Fsp3) is 0.364. The highest BCUT2D eigenvalue weighted by molar-refractivity contribution is 6.30. The Labute approximate surface area is 114 Å². The zero-order chi connectivity index (χ0) is 14.4. The van der Waals surface area contributed by atoms with Gasteiger partial charge in [-0.2, -0.15) is 0 Å². The SMILES string of the molecule is CNC(CCOc1cc(Cl)ccc1[N+](=O)[O-])C(=O)O. The van der Waals surface area contributed by atoms with E-state index in [2.05, 4.69) is 5.32 Å². The standard InChI is InChI=1S/C11H13ClN2O5/c1-13-8(11(15)16)4-5-19-10-6-7(12)2-3-9(10)14(17)18/h2-3,6,8,13H,4-5H2,1H3,(H,15,16). The number of carboxylic acids is 1. The zero-order valence-electron chi connectivity index (χ0n) is 10.1. The second-order valence-electron chi connectivity index (χ2n) is 3.69. The summed E-state index contributed by atoms with van der Waals surface area (Å²) in [5.74, 6) is -0.982. The number of hydrogen-bond donors (Lipinski definition) is 2. The summed E-state index contributed by atoms with van der Waals surface area (Å²) < 4.78 is 5.23. The number of nitrogens with one attached hydrogen (secondary N) is 1. The molecule has 1 unspecified atom stereocenters. The maximum absolute atomic E-state index is 10.8. The van der Waals surface area contributed by atoms with Crippen molar-refractivity contribution in [3.63, 3.8) is 0 Å². The van der Waals surface area contributed by atoms with Crippen LogP contribution in [0.3, 0.4) is 0 Å². The number of halogens is 1. The Kier molecular flexibility index (Phi) is 5.53. The minimum absolute atomic E-state index is 0.0257. The molecule has 2 N–H and O–H groups in total. The quantitative estimate of drug-likeness (QED) is 0.585. The van der Waals surface area contributed by atoms with Crippen molar-refractivity contribution in [3.05, 3.63) is 33.3 Å². The van der Waals surface area contributed by atoms with Crippen LogP contribution in [0, 0.1) is 10.1 Å². The third-order valence-corrected chi connectivity index (χ3v) is 2.66. The maximum Gasteiger partial charge on any atom is 0.320 e. The van der Waals surface area contributed by atoms with Crippen LogP contribution in [0.2, 0.25) is 5.02 Å². The first kappa shape index (κ1) is 15.2. The summed E-state index contributed by atoms with van der Waals surface area (Å²) in [5.41, 5.74) is -0.208. The molecule has 8 heteroatoms. The largest absolute Gasteiger partial charge is 0.487 e. The van der Waals surface area contributed by atoms with Crippen molar-refractivity contribution in [2.75, 3.05) is 13.7 Å². The molecular formula is C11H13ClN2O5. The fourth-order valence-corrected chi connectivity index (χ4v) is 1.59. The lowest BCUT2D eigenvalue weighted by atomic mass is 10.2. The van der Waals surface area contributed by atoms with Gasteiger partial charge in [-0.05, 0) is 13.1 Å². The predicted molar refractivity (Wildman–Crippen MR) is 68.7 cm³/mol. The van der Waals surface area contributed by atoms with Gasteiger partial charge < -0.3 is 15.2 Å². The highest BCUT2D eigenvalue weighted by atomic mass is 35.5. The first-order chi connectivity index (χ1) is 8.95. The molecule has 1 rings (SSSR count). The van der Waals surface area contributed by atoms with Gasteiger partial charge in [-0.3, -0.25) is 14.9 Å². The normalized spacial score (nSPS) is 11.9. The lowest BCUT2D eigenvalue weighted by molar-refractivity contribution is -0.385. The summed E-state index contributed by atoms with van der Waals surface area (Å²) in [4.78, 5) is 20.9. The minimum atomic E-state index is -1.01. The predicted octanol–water partition coefficient (Wildman–Crippen LogP) is 1.69. The topological polar surface area (TPSA) is 102 Å². The van der Waals surface area contributed by atoms with Crippen LogP contribution < -0.4 is 10.1 Å². The number of nitro groups is 1. The van der Waals surface area contributed by atoms with Crippen LogP contribution in [0.25, 0.3) is 0 Å². The summed E-state index contributed by atoms with van der Waals surface area (Å²) >= 11 is 5.73. The van der Waals surface area contributed by atoms with E-state index in [9.17, 15) is 14.9 Å². The zero-order valence-corrected chi connectivity index (χ0v) is 10.9. The lowest BCUT2D eigenvalue weighted by Gasteiger charge is -2.12. The van der Waals surface area contributed by atoms with E-state index in [1.54, 1.807) is 0 Å². The van der Waals surface area contributed by atoms with Gasteiger partial charge in [-0.25, -0.2) is 0 Å². The number of likely N-dealkylation sites (N-methyl/N-ethyl adjacent to an activating group) is 1. The van der Waals surface area contributed by atoms with Crippen LogP contribution in [-0.2, 0) is 4.79 Å². The van der Waals surface area contributed by atoms with Crippen LogP contribution in [-0.4, -0.2) is 35.7 Å².